The summed E-state index contributed by atoms with van der Waals surface area (Å²) >= 11 is 0. The van der Waals surface area contributed by atoms with Gasteiger partial charge in [-0.05, 0) is 50.5 Å². The SMILES string of the molecule is CCCNC(CCC1CCCO1)C(C)(C)CC. The molecule has 0 radical (unpaired) electrons. The second-order valence-corrected chi connectivity index (χ2v) is 6.06. The van der Waals surface area contributed by atoms with Crippen molar-refractivity contribution in [2.45, 2.75) is 78.4 Å². The molecule has 1 fully saturated rings. The molecule has 0 aromatic carbocycles. The molecule has 0 spiro atoms. The lowest BCUT2D eigenvalue weighted by atomic mass is 9.79. The molecule has 17 heavy (non-hydrogen) atoms. The molecule has 1 N–H and O–H groups in total. The molecule has 2 nitrogen and oxygen atoms in total. The van der Waals surface area contributed by atoms with Crippen molar-refractivity contribution in [3.8, 4) is 0 Å². The molecular weight excluding hydrogens is 210 g/mol. The molecule has 1 aliphatic heterocycles. The molecule has 0 amide bonds. The highest BCUT2D eigenvalue weighted by Crippen LogP contribution is 2.29. The van der Waals surface area contributed by atoms with Crippen molar-refractivity contribution in [3.05, 3.63) is 0 Å². The standard InChI is InChI=1S/C15H31NO/c1-5-11-16-14(15(3,4)6-2)10-9-13-8-7-12-17-13/h13-14,16H,5-12H2,1-4H3. The summed E-state index contributed by atoms with van der Waals surface area (Å²) in [6, 6.07) is 0.636. The van der Waals surface area contributed by atoms with Gasteiger partial charge in [0, 0.05) is 12.6 Å². The lowest BCUT2D eigenvalue weighted by molar-refractivity contribution is 0.0919. The van der Waals surface area contributed by atoms with Gasteiger partial charge in [-0.15, -0.1) is 0 Å². The van der Waals surface area contributed by atoms with E-state index in [2.05, 4.69) is 33.0 Å². The highest BCUT2D eigenvalue weighted by molar-refractivity contribution is 4.84. The van der Waals surface area contributed by atoms with Gasteiger partial charge in [0.25, 0.3) is 0 Å². The van der Waals surface area contributed by atoms with E-state index in [-0.39, 0.29) is 0 Å². The zero-order valence-corrected chi connectivity index (χ0v) is 12.2. The van der Waals surface area contributed by atoms with Crippen LogP contribution in [0.15, 0.2) is 0 Å². The average molecular weight is 241 g/mol. The Balaban J connectivity index is 2.38. The summed E-state index contributed by atoms with van der Waals surface area (Å²) in [5, 5.41) is 3.73. The fourth-order valence-electron chi connectivity index (χ4n) is 2.56. The zero-order valence-electron chi connectivity index (χ0n) is 12.2. The van der Waals surface area contributed by atoms with Crippen LogP contribution in [0, 0.1) is 5.41 Å². The highest BCUT2D eigenvalue weighted by Gasteiger charge is 2.28. The van der Waals surface area contributed by atoms with E-state index in [4.69, 9.17) is 4.74 Å². The molecule has 2 heteroatoms. The first-order valence-corrected chi connectivity index (χ1v) is 7.45. The maximum Gasteiger partial charge on any atom is 0.0576 e. The van der Waals surface area contributed by atoms with E-state index in [1.165, 1.54) is 38.5 Å². The van der Waals surface area contributed by atoms with Crippen molar-refractivity contribution in [1.29, 1.82) is 0 Å². The Bertz CT molecular complexity index is 197. The van der Waals surface area contributed by atoms with Crippen LogP contribution in [0.4, 0.5) is 0 Å². The maximum absolute atomic E-state index is 5.73. The molecule has 1 heterocycles. The first-order chi connectivity index (χ1) is 8.10. The van der Waals surface area contributed by atoms with Crippen LogP contribution >= 0.6 is 0 Å². The van der Waals surface area contributed by atoms with Crippen LogP contribution < -0.4 is 5.32 Å². The number of hydrogen-bond acceptors (Lipinski definition) is 2. The molecule has 1 rings (SSSR count). The molecule has 0 aliphatic carbocycles. The number of nitrogens with one attached hydrogen (secondary N) is 1. The molecule has 1 saturated heterocycles. The zero-order chi connectivity index (χ0) is 12.7. The van der Waals surface area contributed by atoms with E-state index in [0.29, 0.717) is 17.6 Å². The second kappa shape index (κ2) is 7.38. The van der Waals surface area contributed by atoms with E-state index in [0.717, 1.165) is 13.2 Å². The fourth-order valence-corrected chi connectivity index (χ4v) is 2.56. The Hall–Kier alpha value is -0.0800. The summed E-state index contributed by atoms with van der Waals surface area (Å²) in [5.41, 5.74) is 0.397. The van der Waals surface area contributed by atoms with Crippen LogP contribution in [0.2, 0.25) is 0 Å². The molecular formula is C15H31NO. The third kappa shape index (κ3) is 4.97. The minimum atomic E-state index is 0.397. The average Bonchev–Trinajstić information content (AvgIpc) is 2.82. The Morgan fingerprint density at radius 3 is 2.65 bits per heavy atom. The van der Waals surface area contributed by atoms with Gasteiger partial charge >= 0.3 is 0 Å². The van der Waals surface area contributed by atoms with Gasteiger partial charge in [-0.2, -0.15) is 0 Å². The Morgan fingerprint density at radius 1 is 1.35 bits per heavy atom. The molecule has 0 aromatic heterocycles. The second-order valence-electron chi connectivity index (χ2n) is 6.06. The molecule has 102 valence electrons. The smallest absolute Gasteiger partial charge is 0.0576 e. The van der Waals surface area contributed by atoms with E-state index in [1.807, 2.05) is 0 Å². The van der Waals surface area contributed by atoms with Crippen LogP contribution in [0.5, 0.6) is 0 Å². The van der Waals surface area contributed by atoms with Crippen LogP contribution in [0.3, 0.4) is 0 Å². The summed E-state index contributed by atoms with van der Waals surface area (Å²) in [6.07, 6.45) is 8.00. The minimum Gasteiger partial charge on any atom is -0.378 e. The highest BCUT2D eigenvalue weighted by atomic mass is 16.5. The van der Waals surface area contributed by atoms with E-state index >= 15 is 0 Å². The molecule has 1 aliphatic rings. The van der Waals surface area contributed by atoms with Crippen LogP contribution in [-0.4, -0.2) is 25.3 Å². The summed E-state index contributed by atoms with van der Waals surface area (Å²) in [7, 11) is 0. The minimum absolute atomic E-state index is 0.397. The molecule has 0 bridgehead atoms. The van der Waals surface area contributed by atoms with Gasteiger partial charge in [0.05, 0.1) is 6.10 Å². The quantitative estimate of drug-likeness (QED) is 0.699. The van der Waals surface area contributed by atoms with Crippen molar-refractivity contribution < 1.29 is 4.74 Å². The predicted octanol–water partition coefficient (Wildman–Crippen LogP) is 3.75. The van der Waals surface area contributed by atoms with Crippen LogP contribution in [0.25, 0.3) is 0 Å². The lowest BCUT2D eigenvalue weighted by Gasteiger charge is -2.35. The summed E-state index contributed by atoms with van der Waals surface area (Å²) < 4.78 is 5.73. The van der Waals surface area contributed by atoms with Gasteiger partial charge in [-0.1, -0.05) is 27.7 Å². The van der Waals surface area contributed by atoms with E-state index in [1.54, 1.807) is 0 Å². The largest absolute Gasteiger partial charge is 0.378 e. The third-order valence-corrected chi connectivity index (χ3v) is 4.30. The van der Waals surface area contributed by atoms with Gasteiger partial charge < -0.3 is 10.1 Å². The van der Waals surface area contributed by atoms with Crippen molar-refractivity contribution in [2.75, 3.05) is 13.2 Å². The normalized spacial score (nSPS) is 22.9. The van der Waals surface area contributed by atoms with Crippen LogP contribution in [0.1, 0.15) is 66.2 Å². The Kier molecular flexibility index (Phi) is 6.50. The van der Waals surface area contributed by atoms with Crippen molar-refractivity contribution in [2.24, 2.45) is 5.41 Å². The Labute approximate surface area is 108 Å². The number of ether oxygens (including phenoxy) is 1. The molecule has 0 aromatic rings. The summed E-state index contributed by atoms with van der Waals surface area (Å²) in [4.78, 5) is 0. The molecule has 2 unspecified atom stereocenters. The predicted molar refractivity (Wildman–Crippen MR) is 74.4 cm³/mol. The van der Waals surface area contributed by atoms with Gasteiger partial charge in [0.1, 0.15) is 0 Å². The molecule has 2 atom stereocenters. The van der Waals surface area contributed by atoms with E-state index < -0.39 is 0 Å². The van der Waals surface area contributed by atoms with Crippen molar-refractivity contribution in [1.82, 2.24) is 5.32 Å². The Morgan fingerprint density at radius 2 is 2.12 bits per heavy atom. The summed E-state index contributed by atoms with van der Waals surface area (Å²) in [5.74, 6) is 0. The van der Waals surface area contributed by atoms with Gasteiger partial charge in [-0.25, -0.2) is 0 Å². The van der Waals surface area contributed by atoms with Gasteiger partial charge in [0.15, 0.2) is 0 Å². The third-order valence-electron chi connectivity index (χ3n) is 4.30. The van der Waals surface area contributed by atoms with Gasteiger partial charge in [-0.3, -0.25) is 0 Å². The van der Waals surface area contributed by atoms with E-state index in [9.17, 15) is 0 Å². The van der Waals surface area contributed by atoms with Crippen molar-refractivity contribution in [3.63, 3.8) is 0 Å². The topological polar surface area (TPSA) is 21.3 Å². The maximum atomic E-state index is 5.73. The van der Waals surface area contributed by atoms with Crippen molar-refractivity contribution >= 4 is 0 Å². The van der Waals surface area contributed by atoms with Gasteiger partial charge in [0.2, 0.25) is 0 Å². The number of rotatable bonds is 8. The number of hydrogen-bond donors (Lipinski definition) is 1. The lowest BCUT2D eigenvalue weighted by Crippen LogP contribution is -2.42. The van der Waals surface area contributed by atoms with Crippen LogP contribution in [-0.2, 0) is 4.74 Å². The molecule has 0 saturated carbocycles. The first kappa shape index (κ1) is 15.0. The monoisotopic (exact) mass is 241 g/mol. The first-order valence-electron chi connectivity index (χ1n) is 7.45. The summed E-state index contributed by atoms with van der Waals surface area (Å²) in [6.45, 7) is 11.4. The fraction of sp³-hybridized carbons (Fsp3) is 1.00.